The molecular weight excluding hydrogens is 333 g/mol. The van der Waals surface area contributed by atoms with Gasteiger partial charge in [0.05, 0.1) is 5.69 Å². The van der Waals surface area contributed by atoms with Gasteiger partial charge in [0.15, 0.2) is 0 Å². The van der Waals surface area contributed by atoms with Gasteiger partial charge in [-0.3, -0.25) is 9.59 Å². The first kappa shape index (κ1) is 18.3. The lowest BCUT2D eigenvalue weighted by Gasteiger charge is -2.30. The molecule has 1 aromatic heterocycles. The van der Waals surface area contributed by atoms with Crippen molar-refractivity contribution in [3.8, 4) is 5.69 Å². The van der Waals surface area contributed by atoms with Crippen LogP contribution in [0.2, 0.25) is 0 Å². The maximum absolute atomic E-state index is 13.1. The van der Waals surface area contributed by atoms with E-state index in [9.17, 15) is 14.0 Å². The molecule has 1 fully saturated rings. The molecule has 0 bridgehead atoms. The van der Waals surface area contributed by atoms with E-state index in [1.54, 1.807) is 0 Å². The predicted octanol–water partition coefficient (Wildman–Crippen LogP) is 3.41. The number of halogens is 1. The molecule has 0 radical (unpaired) electrons. The summed E-state index contributed by atoms with van der Waals surface area (Å²) in [6.45, 7) is 7.21. The Morgan fingerprint density at radius 2 is 1.88 bits per heavy atom. The van der Waals surface area contributed by atoms with Crippen LogP contribution in [-0.2, 0) is 0 Å². The molecule has 0 saturated carbocycles. The van der Waals surface area contributed by atoms with Gasteiger partial charge in [-0.2, -0.15) is 9.78 Å². The average Bonchev–Trinajstić information content (AvgIpc) is 3.01. The van der Waals surface area contributed by atoms with Crippen LogP contribution in [0.1, 0.15) is 50.5 Å². The van der Waals surface area contributed by atoms with E-state index in [0.717, 1.165) is 23.9 Å². The molecule has 1 aliphatic rings. The zero-order valence-corrected chi connectivity index (χ0v) is 15.4. The average molecular weight is 357 g/mol. The molecule has 0 spiro atoms. The smallest absolute Gasteiger partial charge is 0.274 e. The van der Waals surface area contributed by atoms with Crippen molar-refractivity contribution in [2.24, 2.45) is 5.41 Å². The van der Waals surface area contributed by atoms with E-state index < -0.39 is 5.82 Å². The molecular formula is C20H24FN3O2. The minimum absolute atomic E-state index is 0.133. The number of rotatable bonds is 3. The monoisotopic (exact) mass is 357 g/mol. The number of amides is 1. The molecule has 1 atom stereocenters. The van der Waals surface area contributed by atoms with Crippen LogP contribution in [0.3, 0.4) is 0 Å². The van der Waals surface area contributed by atoms with E-state index in [0.29, 0.717) is 12.2 Å². The van der Waals surface area contributed by atoms with Gasteiger partial charge < -0.3 is 4.90 Å². The predicted molar refractivity (Wildman–Crippen MR) is 97.9 cm³/mol. The third kappa shape index (κ3) is 4.00. The number of carbonyl (C=O) groups is 1. The zero-order valence-electron chi connectivity index (χ0n) is 15.4. The van der Waals surface area contributed by atoms with Crippen molar-refractivity contribution in [2.45, 2.75) is 46.1 Å². The Morgan fingerprint density at radius 1 is 1.19 bits per heavy atom. The second-order valence-electron chi connectivity index (χ2n) is 8.00. The van der Waals surface area contributed by atoms with Crippen LogP contribution in [0.4, 0.5) is 4.39 Å². The van der Waals surface area contributed by atoms with Crippen molar-refractivity contribution in [3.63, 3.8) is 0 Å². The third-order valence-electron chi connectivity index (χ3n) is 4.58. The molecule has 1 amide bonds. The molecule has 2 aromatic rings. The van der Waals surface area contributed by atoms with Gasteiger partial charge >= 0.3 is 0 Å². The quantitative estimate of drug-likeness (QED) is 0.846. The molecule has 0 unspecified atom stereocenters. The highest BCUT2D eigenvalue weighted by molar-refractivity contribution is 5.92. The van der Waals surface area contributed by atoms with E-state index >= 15 is 0 Å². The highest BCUT2D eigenvalue weighted by atomic mass is 19.1. The molecule has 1 saturated heterocycles. The first-order chi connectivity index (χ1) is 12.2. The Bertz CT molecular complexity index is 853. The van der Waals surface area contributed by atoms with Gasteiger partial charge in [-0.05, 0) is 55.0 Å². The molecule has 6 heteroatoms. The molecule has 2 heterocycles. The third-order valence-corrected chi connectivity index (χ3v) is 4.58. The van der Waals surface area contributed by atoms with Crippen molar-refractivity contribution in [1.82, 2.24) is 14.7 Å². The van der Waals surface area contributed by atoms with Gasteiger partial charge in [-0.25, -0.2) is 4.39 Å². The summed E-state index contributed by atoms with van der Waals surface area (Å²) in [5, 5.41) is 4.24. The molecule has 0 N–H and O–H groups in total. The number of aromatic nitrogens is 2. The summed E-state index contributed by atoms with van der Waals surface area (Å²) < 4.78 is 14.3. The summed E-state index contributed by atoms with van der Waals surface area (Å²) in [4.78, 5) is 27.0. The van der Waals surface area contributed by atoms with Crippen LogP contribution in [-0.4, -0.2) is 33.2 Å². The fraction of sp³-hybridized carbons (Fsp3) is 0.450. The first-order valence-electron chi connectivity index (χ1n) is 8.92. The minimum Gasteiger partial charge on any atom is -0.334 e. The van der Waals surface area contributed by atoms with Crippen LogP contribution < -0.4 is 5.56 Å². The van der Waals surface area contributed by atoms with Crippen LogP contribution in [0.25, 0.3) is 5.69 Å². The normalized spacial score (nSPS) is 17.5. The van der Waals surface area contributed by atoms with Gasteiger partial charge in [0.2, 0.25) is 0 Å². The number of benzene rings is 1. The van der Waals surface area contributed by atoms with Crippen LogP contribution in [0, 0.1) is 11.2 Å². The number of likely N-dealkylation sites (tertiary alicyclic amines) is 1. The Morgan fingerprint density at radius 3 is 2.54 bits per heavy atom. The Balaban J connectivity index is 1.89. The first-order valence-corrected chi connectivity index (χ1v) is 8.92. The molecule has 3 rings (SSSR count). The van der Waals surface area contributed by atoms with Gasteiger partial charge in [0.1, 0.15) is 11.5 Å². The molecule has 138 valence electrons. The molecule has 5 nitrogen and oxygen atoms in total. The summed E-state index contributed by atoms with van der Waals surface area (Å²) in [5.74, 6) is -0.552. The lowest BCUT2D eigenvalue weighted by atomic mass is 9.87. The topological polar surface area (TPSA) is 55.2 Å². The summed E-state index contributed by atoms with van der Waals surface area (Å²) in [7, 11) is 0. The van der Waals surface area contributed by atoms with Crippen molar-refractivity contribution in [3.05, 3.63) is 58.3 Å². The maximum Gasteiger partial charge on any atom is 0.274 e. The van der Waals surface area contributed by atoms with Crippen LogP contribution >= 0.6 is 0 Å². The Hall–Kier alpha value is -2.50. The van der Waals surface area contributed by atoms with Crippen molar-refractivity contribution in [2.75, 3.05) is 6.54 Å². The van der Waals surface area contributed by atoms with E-state index in [2.05, 4.69) is 25.9 Å². The Labute approximate surface area is 152 Å². The number of hydrogen-bond acceptors (Lipinski definition) is 3. The largest absolute Gasteiger partial charge is 0.334 e. The number of hydrogen-bond donors (Lipinski definition) is 0. The SMILES string of the molecule is CC(C)(C)C[C@@H]1CCCN1C(=O)c1ccc(=O)n(-c2ccc(F)cc2)n1. The summed E-state index contributed by atoms with van der Waals surface area (Å²) >= 11 is 0. The zero-order chi connectivity index (χ0) is 18.9. The van der Waals surface area contributed by atoms with Crippen molar-refractivity contribution >= 4 is 5.91 Å². The molecule has 26 heavy (non-hydrogen) atoms. The minimum atomic E-state index is -0.392. The maximum atomic E-state index is 13.1. The fourth-order valence-electron chi connectivity index (χ4n) is 3.46. The van der Waals surface area contributed by atoms with Crippen LogP contribution in [0.5, 0.6) is 0 Å². The van der Waals surface area contributed by atoms with Gasteiger partial charge in [-0.1, -0.05) is 20.8 Å². The van der Waals surface area contributed by atoms with Crippen LogP contribution in [0.15, 0.2) is 41.2 Å². The second kappa shape index (κ2) is 7.02. The van der Waals surface area contributed by atoms with Crippen molar-refractivity contribution < 1.29 is 9.18 Å². The second-order valence-corrected chi connectivity index (χ2v) is 8.00. The molecule has 1 aliphatic heterocycles. The lowest BCUT2D eigenvalue weighted by Crippen LogP contribution is -2.39. The van der Waals surface area contributed by atoms with E-state index in [4.69, 9.17) is 0 Å². The van der Waals surface area contributed by atoms with E-state index in [1.165, 1.54) is 36.4 Å². The lowest BCUT2D eigenvalue weighted by molar-refractivity contribution is 0.0696. The fourth-order valence-corrected chi connectivity index (χ4v) is 3.46. The summed E-state index contributed by atoms with van der Waals surface area (Å²) in [5.41, 5.74) is 0.433. The highest BCUT2D eigenvalue weighted by Gasteiger charge is 2.33. The van der Waals surface area contributed by atoms with Gasteiger partial charge in [0, 0.05) is 18.7 Å². The standard InChI is InChI=1S/C20H24FN3O2/c1-20(2,3)13-16-5-4-12-23(16)19(26)17-10-11-18(25)24(22-17)15-8-6-14(21)7-9-15/h6-11,16H,4-5,12-13H2,1-3H3/t16-/m0/s1. The molecule has 1 aromatic carbocycles. The number of carbonyl (C=O) groups excluding carboxylic acids is 1. The Kier molecular flexibility index (Phi) is 4.94. The number of nitrogens with zero attached hydrogens (tertiary/aromatic N) is 3. The van der Waals surface area contributed by atoms with Crippen molar-refractivity contribution in [1.29, 1.82) is 0 Å². The van der Waals surface area contributed by atoms with Gasteiger partial charge in [-0.15, -0.1) is 0 Å². The van der Waals surface area contributed by atoms with E-state index in [-0.39, 0.29) is 28.6 Å². The van der Waals surface area contributed by atoms with E-state index in [1.807, 2.05) is 4.90 Å². The van der Waals surface area contributed by atoms with Gasteiger partial charge in [0.25, 0.3) is 11.5 Å². The summed E-state index contributed by atoms with van der Waals surface area (Å²) in [6, 6.07) is 8.45. The summed E-state index contributed by atoms with van der Waals surface area (Å²) in [6.07, 6.45) is 2.89. The molecule has 0 aliphatic carbocycles. The highest BCUT2D eigenvalue weighted by Crippen LogP contribution is 2.30.